The molecule has 38 heavy (non-hydrogen) atoms. The number of carbonyl (C=O) groups excluding carboxylic acids is 1. The summed E-state index contributed by atoms with van der Waals surface area (Å²) in [5.41, 5.74) is 0.740. The average Bonchev–Trinajstić information content (AvgIpc) is 3.56. The fraction of sp³-hybridized carbons (Fsp3) is 0.480. The number of benzene rings is 1. The Morgan fingerprint density at radius 3 is 2.66 bits per heavy atom. The number of likely N-dealkylation sites (tertiary alicyclic amines) is 1. The summed E-state index contributed by atoms with van der Waals surface area (Å²) < 4.78 is 30.0. The molecule has 0 unspecified atom stereocenters. The molecule has 0 radical (unpaired) electrons. The minimum absolute atomic E-state index is 0.0727. The first kappa shape index (κ1) is 26.2. The molecule has 2 saturated heterocycles. The number of rotatable bonds is 10. The third-order valence-corrected chi connectivity index (χ3v) is 7.60. The zero-order valence-corrected chi connectivity index (χ0v) is 21.6. The zero-order valence-electron chi connectivity index (χ0n) is 20.8. The van der Waals surface area contributed by atoms with Crippen molar-refractivity contribution < 1.29 is 18.3 Å². The van der Waals surface area contributed by atoms with Crippen LogP contribution in [0.4, 0.5) is 24.9 Å². The van der Waals surface area contributed by atoms with Crippen molar-refractivity contribution in [1.82, 2.24) is 25.3 Å². The van der Waals surface area contributed by atoms with Crippen LogP contribution in [0.1, 0.15) is 31.2 Å². The zero-order chi connectivity index (χ0) is 26.3. The second-order valence-corrected chi connectivity index (χ2v) is 10.5. The van der Waals surface area contributed by atoms with Crippen molar-refractivity contribution in [2.75, 3.05) is 41.7 Å². The Kier molecular flexibility index (Phi) is 8.54. The summed E-state index contributed by atoms with van der Waals surface area (Å²) in [5, 5.41) is 23.9. The highest BCUT2D eigenvalue weighted by Gasteiger charge is 2.26. The smallest absolute Gasteiger partial charge is 0.387 e. The Bertz CT molecular complexity index is 1190. The summed E-state index contributed by atoms with van der Waals surface area (Å²) in [7, 11) is 0. The molecule has 10 nitrogen and oxygen atoms in total. The minimum Gasteiger partial charge on any atom is -0.434 e. The first-order valence-electron chi connectivity index (χ1n) is 12.7. The van der Waals surface area contributed by atoms with E-state index in [2.05, 4.69) is 45.6 Å². The molecule has 0 spiro atoms. The molecule has 2 aliphatic heterocycles. The molecule has 0 saturated carbocycles. The number of ether oxygens (including phenoxy) is 1. The number of amides is 1. The fourth-order valence-electron chi connectivity index (χ4n) is 4.92. The Balaban J connectivity index is 1.03. The maximum atomic E-state index is 12.7. The maximum absolute atomic E-state index is 12.7. The van der Waals surface area contributed by atoms with E-state index in [1.54, 1.807) is 18.3 Å². The molecule has 0 aliphatic carbocycles. The van der Waals surface area contributed by atoms with E-state index >= 15 is 0 Å². The predicted octanol–water partition coefficient (Wildman–Crippen LogP) is 3.86. The second kappa shape index (κ2) is 12.4. The number of aromatic nitrogens is 4. The third kappa shape index (κ3) is 7.10. The first-order chi connectivity index (χ1) is 18.5. The van der Waals surface area contributed by atoms with E-state index in [9.17, 15) is 13.6 Å². The summed E-state index contributed by atoms with van der Waals surface area (Å²) in [6.45, 7) is 0.960. The number of piperidine rings is 1. The van der Waals surface area contributed by atoms with E-state index in [1.165, 1.54) is 11.3 Å². The third-order valence-electron chi connectivity index (χ3n) is 6.83. The second-order valence-electron chi connectivity index (χ2n) is 9.53. The van der Waals surface area contributed by atoms with Crippen LogP contribution in [0, 0.1) is 5.92 Å². The number of halogens is 2. The maximum Gasteiger partial charge on any atom is 0.387 e. The van der Waals surface area contributed by atoms with Gasteiger partial charge >= 0.3 is 6.61 Å². The Morgan fingerprint density at radius 1 is 1.05 bits per heavy atom. The molecule has 13 heteroatoms. The lowest BCUT2D eigenvalue weighted by atomic mass is 9.93. The summed E-state index contributed by atoms with van der Waals surface area (Å²) in [6.07, 6.45) is 4.74. The van der Waals surface area contributed by atoms with Crippen molar-refractivity contribution in [2.24, 2.45) is 5.92 Å². The largest absolute Gasteiger partial charge is 0.434 e. The molecule has 2 aliphatic rings. The Hall–Kier alpha value is -3.45. The lowest BCUT2D eigenvalue weighted by Gasteiger charge is -2.32. The summed E-state index contributed by atoms with van der Waals surface area (Å²) in [5.74, 6) is 1.26. The molecular formula is C25H30F2N8O2S. The molecule has 1 aromatic carbocycles. The lowest BCUT2D eigenvalue weighted by molar-refractivity contribution is -0.117. The van der Waals surface area contributed by atoms with Crippen LogP contribution >= 0.6 is 11.3 Å². The number of para-hydroxylation sites is 1. The average molecular weight is 545 g/mol. The number of nitrogens with zero attached hydrogens (tertiary/aromatic N) is 6. The van der Waals surface area contributed by atoms with E-state index in [0.717, 1.165) is 56.8 Å². The molecule has 3 aromatic rings. The van der Waals surface area contributed by atoms with E-state index in [0.29, 0.717) is 23.2 Å². The van der Waals surface area contributed by atoms with Gasteiger partial charge in [-0.25, -0.2) is 0 Å². The van der Waals surface area contributed by atoms with Gasteiger partial charge in [-0.1, -0.05) is 29.5 Å². The number of nitrogens with one attached hydrogen (secondary N) is 2. The van der Waals surface area contributed by atoms with Crippen LogP contribution in [0.5, 0.6) is 5.75 Å². The van der Waals surface area contributed by atoms with Crippen molar-refractivity contribution in [2.45, 2.75) is 44.9 Å². The highest BCUT2D eigenvalue weighted by atomic mass is 32.1. The van der Waals surface area contributed by atoms with Gasteiger partial charge in [0.1, 0.15) is 5.75 Å². The summed E-state index contributed by atoms with van der Waals surface area (Å²) in [6, 6.07) is 10.9. The summed E-state index contributed by atoms with van der Waals surface area (Å²) in [4.78, 5) is 17.0. The van der Waals surface area contributed by atoms with Gasteiger partial charge in [-0.3, -0.25) is 9.69 Å². The van der Waals surface area contributed by atoms with Crippen LogP contribution in [-0.4, -0.2) is 70.0 Å². The fourth-order valence-corrected chi connectivity index (χ4v) is 5.66. The highest BCUT2D eigenvalue weighted by Crippen LogP contribution is 2.28. The van der Waals surface area contributed by atoms with Crippen molar-refractivity contribution in [3.8, 4) is 5.75 Å². The van der Waals surface area contributed by atoms with Crippen LogP contribution in [0.3, 0.4) is 0 Å². The Labute approximate surface area is 223 Å². The molecule has 202 valence electrons. The Morgan fingerprint density at radius 2 is 1.87 bits per heavy atom. The molecule has 2 N–H and O–H groups in total. The van der Waals surface area contributed by atoms with Crippen molar-refractivity contribution in [3.63, 3.8) is 0 Å². The quantitative estimate of drug-likeness (QED) is 0.393. The topological polar surface area (TPSA) is 108 Å². The van der Waals surface area contributed by atoms with Gasteiger partial charge in [0, 0.05) is 43.9 Å². The van der Waals surface area contributed by atoms with Gasteiger partial charge in [0.2, 0.25) is 16.2 Å². The van der Waals surface area contributed by atoms with E-state index in [4.69, 9.17) is 0 Å². The molecular weight excluding hydrogens is 514 g/mol. The van der Waals surface area contributed by atoms with E-state index in [-0.39, 0.29) is 23.6 Å². The first-order valence-corrected chi connectivity index (χ1v) is 13.5. The van der Waals surface area contributed by atoms with Gasteiger partial charge < -0.3 is 20.3 Å². The minimum atomic E-state index is -2.84. The molecule has 1 amide bonds. The van der Waals surface area contributed by atoms with Gasteiger partial charge in [-0.2, -0.15) is 13.9 Å². The molecule has 4 heterocycles. The molecule has 2 fully saturated rings. The molecule has 1 atom stereocenters. The van der Waals surface area contributed by atoms with Crippen molar-refractivity contribution >= 4 is 33.3 Å². The number of anilines is 3. The lowest BCUT2D eigenvalue weighted by Crippen LogP contribution is -2.34. The number of alkyl halides is 2. The van der Waals surface area contributed by atoms with Crippen LogP contribution in [0.15, 0.2) is 42.6 Å². The predicted molar refractivity (Wildman–Crippen MR) is 141 cm³/mol. The van der Waals surface area contributed by atoms with Gasteiger partial charge in [-0.05, 0) is 56.5 Å². The highest BCUT2D eigenvalue weighted by molar-refractivity contribution is 7.19. The number of carbonyl (C=O) groups is 1. The number of hydrogen-bond acceptors (Lipinski definition) is 10. The van der Waals surface area contributed by atoms with Gasteiger partial charge in [0.05, 0.1) is 0 Å². The SMILES string of the molecule is O=C(CC1CCN(Cc2ccccc2OC(F)F)CC1)Nc1nnc(N[C@@H]2CCN(c3cccnn3)C2)s1. The van der Waals surface area contributed by atoms with Crippen molar-refractivity contribution in [3.05, 3.63) is 48.2 Å². The van der Waals surface area contributed by atoms with Gasteiger partial charge in [0.15, 0.2) is 5.82 Å². The van der Waals surface area contributed by atoms with E-state index < -0.39 is 6.61 Å². The van der Waals surface area contributed by atoms with Gasteiger partial charge in [0.25, 0.3) is 0 Å². The molecule has 0 bridgehead atoms. The van der Waals surface area contributed by atoms with E-state index in [1.807, 2.05) is 24.3 Å². The monoisotopic (exact) mass is 544 g/mol. The van der Waals surface area contributed by atoms with Crippen LogP contribution < -0.4 is 20.3 Å². The standard InChI is InChI=1S/C25H30F2N8O2S/c26-23(27)37-20-5-2-1-4-18(20)15-34-11-7-17(8-12-34)14-22(36)30-25-33-32-24(38-25)29-19-9-13-35(16-19)21-6-3-10-28-31-21/h1-6,10,17,19,23H,7-9,11-16H2,(H,29,32)(H,30,33,36)/t19-/m1/s1. The van der Waals surface area contributed by atoms with Crippen molar-refractivity contribution in [1.29, 1.82) is 0 Å². The van der Waals surface area contributed by atoms with Crippen LogP contribution in [-0.2, 0) is 11.3 Å². The number of hydrogen-bond donors (Lipinski definition) is 2. The van der Waals surface area contributed by atoms with Crippen LogP contribution in [0.2, 0.25) is 0 Å². The molecule has 5 rings (SSSR count). The summed E-state index contributed by atoms with van der Waals surface area (Å²) >= 11 is 1.33. The molecule has 2 aromatic heterocycles. The normalized spacial score (nSPS) is 18.6. The van der Waals surface area contributed by atoms with Crippen LogP contribution in [0.25, 0.3) is 0 Å². The van der Waals surface area contributed by atoms with Gasteiger partial charge in [-0.15, -0.1) is 15.3 Å².